The molecule has 29 heavy (non-hydrogen) atoms. The molecular formula is C22H21N3O3S. The number of ether oxygens (including phenoxy) is 1. The molecule has 1 aromatic heterocycles. The third-order valence-electron chi connectivity index (χ3n) is 4.67. The van der Waals surface area contributed by atoms with Crippen molar-refractivity contribution in [1.29, 1.82) is 0 Å². The quantitative estimate of drug-likeness (QED) is 0.489. The number of rotatable bonds is 6. The fraction of sp³-hybridized carbons (Fsp3) is 0.227. The van der Waals surface area contributed by atoms with E-state index in [1.165, 1.54) is 0 Å². The first-order valence-corrected chi connectivity index (χ1v) is 10.4. The number of aromatic nitrogens is 2. The Hall–Kier alpha value is -2.90. The van der Waals surface area contributed by atoms with Crippen LogP contribution in [0.2, 0.25) is 0 Å². The fourth-order valence-corrected chi connectivity index (χ4v) is 3.89. The maximum absolute atomic E-state index is 11.0. The van der Waals surface area contributed by atoms with Gasteiger partial charge >= 0.3 is 5.97 Å². The average molecular weight is 407 g/mol. The summed E-state index contributed by atoms with van der Waals surface area (Å²) in [7, 11) is 0. The van der Waals surface area contributed by atoms with Gasteiger partial charge in [-0.05, 0) is 17.7 Å². The van der Waals surface area contributed by atoms with Gasteiger partial charge in [0.1, 0.15) is 5.82 Å². The molecule has 0 unspecified atom stereocenters. The number of morpholine rings is 1. The molecule has 1 saturated heterocycles. The highest BCUT2D eigenvalue weighted by molar-refractivity contribution is 7.98. The van der Waals surface area contributed by atoms with Crippen molar-refractivity contribution < 1.29 is 14.6 Å². The SMILES string of the molecule is O=C(O)c1ccc(CSc2nc(-c3ccccc3)cc(N3CCOCC3)n2)cc1. The lowest BCUT2D eigenvalue weighted by molar-refractivity contribution is 0.0697. The van der Waals surface area contributed by atoms with E-state index in [-0.39, 0.29) is 5.56 Å². The van der Waals surface area contributed by atoms with Gasteiger partial charge in [0.05, 0.1) is 24.5 Å². The first-order valence-electron chi connectivity index (χ1n) is 9.41. The summed E-state index contributed by atoms with van der Waals surface area (Å²) >= 11 is 1.55. The second-order valence-corrected chi connectivity index (χ2v) is 7.59. The number of carboxylic acids is 1. The molecule has 0 aliphatic carbocycles. The van der Waals surface area contributed by atoms with Gasteiger partial charge in [-0.2, -0.15) is 0 Å². The van der Waals surface area contributed by atoms with Crippen molar-refractivity contribution in [3.8, 4) is 11.3 Å². The Morgan fingerprint density at radius 2 is 1.76 bits per heavy atom. The topological polar surface area (TPSA) is 75.5 Å². The van der Waals surface area contributed by atoms with E-state index >= 15 is 0 Å². The van der Waals surface area contributed by atoms with Crippen LogP contribution in [0.25, 0.3) is 11.3 Å². The summed E-state index contributed by atoms with van der Waals surface area (Å²) in [6.07, 6.45) is 0. The van der Waals surface area contributed by atoms with Crippen LogP contribution in [0.4, 0.5) is 5.82 Å². The lowest BCUT2D eigenvalue weighted by Crippen LogP contribution is -2.36. The molecule has 0 radical (unpaired) electrons. The Balaban J connectivity index is 1.58. The minimum absolute atomic E-state index is 0.288. The van der Waals surface area contributed by atoms with Crippen molar-refractivity contribution in [2.75, 3.05) is 31.2 Å². The van der Waals surface area contributed by atoms with Gasteiger partial charge in [-0.3, -0.25) is 0 Å². The van der Waals surface area contributed by atoms with Gasteiger partial charge in [-0.15, -0.1) is 0 Å². The van der Waals surface area contributed by atoms with E-state index in [1.807, 2.05) is 48.5 Å². The molecule has 1 aliphatic rings. The second kappa shape index (κ2) is 9.07. The Morgan fingerprint density at radius 3 is 2.45 bits per heavy atom. The Bertz CT molecular complexity index is 974. The molecule has 1 N–H and O–H groups in total. The van der Waals surface area contributed by atoms with E-state index in [2.05, 4.69) is 4.90 Å². The molecular weight excluding hydrogens is 386 g/mol. The molecule has 2 heterocycles. The number of carboxylic acid groups (broad SMARTS) is 1. The summed E-state index contributed by atoms with van der Waals surface area (Å²) in [5, 5.41) is 9.74. The zero-order valence-electron chi connectivity index (χ0n) is 15.8. The number of aromatic carboxylic acids is 1. The molecule has 7 heteroatoms. The van der Waals surface area contributed by atoms with Crippen LogP contribution >= 0.6 is 11.8 Å². The molecule has 0 atom stereocenters. The minimum Gasteiger partial charge on any atom is -0.478 e. The van der Waals surface area contributed by atoms with Crippen molar-refractivity contribution in [3.05, 3.63) is 71.8 Å². The standard InChI is InChI=1S/C22H21N3O3S/c26-21(27)18-8-6-16(7-9-18)15-29-22-23-19(17-4-2-1-3-5-17)14-20(24-22)25-10-12-28-13-11-25/h1-9,14H,10-13,15H2,(H,26,27). The normalized spacial score (nSPS) is 14.0. The first kappa shape index (κ1) is 19.4. The molecule has 3 aromatic rings. The highest BCUT2D eigenvalue weighted by atomic mass is 32.2. The lowest BCUT2D eigenvalue weighted by atomic mass is 10.1. The monoisotopic (exact) mass is 407 g/mol. The zero-order valence-corrected chi connectivity index (χ0v) is 16.6. The van der Waals surface area contributed by atoms with Crippen molar-refractivity contribution in [1.82, 2.24) is 9.97 Å². The van der Waals surface area contributed by atoms with Crippen LogP contribution in [0.3, 0.4) is 0 Å². The van der Waals surface area contributed by atoms with E-state index in [0.29, 0.717) is 24.1 Å². The van der Waals surface area contributed by atoms with Crippen LogP contribution in [0.15, 0.2) is 65.8 Å². The lowest BCUT2D eigenvalue weighted by Gasteiger charge is -2.28. The molecule has 0 spiro atoms. The smallest absolute Gasteiger partial charge is 0.335 e. The highest BCUT2D eigenvalue weighted by Gasteiger charge is 2.16. The van der Waals surface area contributed by atoms with Crippen LogP contribution < -0.4 is 4.90 Å². The molecule has 0 amide bonds. The number of nitrogens with zero attached hydrogens (tertiary/aromatic N) is 3. The number of thioether (sulfide) groups is 1. The van der Waals surface area contributed by atoms with E-state index in [9.17, 15) is 4.79 Å². The third kappa shape index (κ3) is 4.93. The summed E-state index contributed by atoms with van der Waals surface area (Å²) in [4.78, 5) is 22.8. The summed E-state index contributed by atoms with van der Waals surface area (Å²) < 4.78 is 5.47. The van der Waals surface area contributed by atoms with Crippen LogP contribution in [0.5, 0.6) is 0 Å². The second-order valence-electron chi connectivity index (χ2n) is 6.65. The molecule has 4 rings (SSSR count). The zero-order chi connectivity index (χ0) is 20.1. The number of benzene rings is 2. The van der Waals surface area contributed by atoms with Crippen LogP contribution in [-0.4, -0.2) is 47.3 Å². The molecule has 0 saturated carbocycles. The summed E-state index contributed by atoms with van der Waals surface area (Å²) in [5.41, 5.74) is 3.26. The van der Waals surface area contributed by atoms with Gasteiger partial charge in [0.25, 0.3) is 0 Å². The van der Waals surface area contributed by atoms with Crippen molar-refractivity contribution in [2.45, 2.75) is 10.9 Å². The van der Waals surface area contributed by atoms with E-state index in [4.69, 9.17) is 19.8 Å². The maximum Gasteiger partial charge on any atom is 0.335 e. The number of anilines is 1. The minimum atomic E-state index is -0.918. The Morgan fingerprint density at radius 1 is 1.03 bits per heavy atom. The highest BCUT2D eigenvalue weighted by Crippen LogP contribution is 2.27. The van der Waals surface area contributed by atoms with E-state index in [1.54, 1.807) is 23.9 Å². The summed E-state index contributed by atoms with van der Waals surface area (Å²) in [6.45, 7) is 3.02. The third-order valence-corrected chi connectivity index (χ3v) is 5.58. The van der Waals surface area contributed by atoms with E-state index in [0.717, 1.165) is 35.7 Å². The van der Waals surface area contributed by atoms with Gasteiger partial charge in [0.15, 0.2) is 5.16 Å². The molecule has 0 bridgehead atoms. The predicted octanol–water partition coefficient (Wildman–Crippen LogP) is 3.97. The van der Waals surface area contributed by atoms with Crippen LogP contribution in [0, 0.1) is 0 Å². The molecule has 1 fully saturated rings. The Labute approximate surface area is 173 Å². The number of hydrogen-bond acceptors (Lipinski definition) is 6. The van der Waals surface area contributed by atoms with Crippen LogP contribution in [-0.2, 0) is 10.5 Å². The average Bonchev–Trinajstić information content (AvgIpc) is 2.79. The van der Waals surface area contributed by atoms with Gasteiger partial charge in [0, 0.05) is 30.5 Å². The molecule has 148 valence electrons. The van der Waals surface area contributed by atoms with Gasteiger partial charge in [-0.1, -0.05) is 54.2 Å². The van der Waals surface area contributed by atoms with Crippen LogP contribution in [0.1, 0.15) is 15.9 Å². The van der Waals surface area contributed by atoms with Gasteiger partial charge in [0.2, 0.25) is 0 Å². The van der Waals surface area contributed by atoms with Crippen molar-refractivity contribution >= 4 is 23.5 Å². The summed E-state index contributed by atoms with van der Waals surface area (Å²) in [6, 6.07) is 19.0. The van der Waals surface area contributed by atoms with Crippen molar-refractivity contribution in [3.63, 3.8) is 0 Å². The largest absolute Gasteiger partial charge is 0.478 e. The number of hydrogen-bond donors (Lipinski definition) is 1. The van der Waals surface area contributed by atoms with E-state index < -0.39 is 5.97 Å². The molecule has 2 aromatic carbocycles. The Kier molecular flexibility index (Phi) is 6.07. The summed E-state index contributed by atoms with van der Waals surface area (Å²) in [5.74, 6) is 0.657. The fourth-order valence-electron chi connectivity index (χ4n) is 3.08. The van der Waals surface area contributed by atoms with Crippen molar-refractivity contribution in [2.24, 2.45) is 0 Å². The first-order chi connectivity index (χ1) is 14.2. The molecule has 6 nitrogen and oxygen atoms in total. The van der Waals surface area contributed by atoms with Gasteiger partial charge < -0.3 is 14.7 Å². The molecule has 1 aliphatic heterocycles. The maximum atomic E-state index is 11.0. The predicted molar refractivity (Wildman–Crippen MR) is 113 cm³/mol. The van der Waals surface area contributed by atoms with Gasteiger partial charge in [-0.25, -0.2) is 14.8 Å². The number of carbonyl (C=O) groups is 1.